The number of hydrogen-bond donors (Lipinski definition) is 1. The maximum atomic E-state index is 11.2. The Morgan fingerprint density at radius 2 is 1.73 bits per heavy atom. The van der Waals surface area contributed by atoms with E-state index in [4.69, 9.17) is 4.98 Å². The van der Waals surface area contributed by atoms with Crippen LogP contribution in [0.5, 0.6) is 0 Å². The number of benzene rings is 2. The maximum Gasteiger partial charge on any atom is 0.161 e. The van der Waals surface area contributed by atoms with E-state index in [2.05, 4.69) is 77.1 Å². The van der Waals surface area contributed by atoms with Gasteiger partial charge in [-0.3, -0.25) is 9.78 Å². The minimum atomic E-state index is -0.329. The average molecular weight is 679 g/mol. The van der Waals surface area contributed by atoms with Crippen molar-refractivity contribution in [2.24, 2.45) is 11.3 Å². The molecule has 3 aromatic rings. The fourth-order valence-corrected chi connectivity index (χ4v) is 4.00. The molecule has 1 radical (unpaired) electrons. The van der Waals surface area contributed by atoms with Crippen molar-refractivity contribution in [3.63, 3.8) is 0 Å². The molecule has 0 aliphatic carbocycles. The summed E-state index contributed by atoms with van der Waals surface area (Å²) in [6, 6.07) is 16.6. The van der Waals surface area contributed by atoms with Crippen LogP contribution < -0.4 is 0 Å². The molecule has 3 nitrogen and oxygen atoms in total. The summed E-state index contributed by atoms with van der Waals surface area (Å²) in [5.41, 5.74) is 8.15. The third-order valence-corrected chi connectivity index (χ3v) is 6.51. The fourth-order valence-electron chi connectivity index (χ4n) is 4.00. The molecule has 1 atom stereocenters. The zero-order chi connectivity index (χ0) is 27.2. The Hall–Kier alpha value is -2.29. The average Bonchev–Trinajstić information content (AvgIpc) is 2.81. The number of fused-ring (bicyclic) bond motifs is 1. The monoisotopic (exact) mass is 679 g/mol. The summed E-state index contributed by atoms with van der Waals surface area (Å²) in [5, 5.41) is 10.8. The van der Waals surface area contributed by atoms with Crippen LogP contribution in [0.1, 0.15) is 90.0 Å². The van der Waals surface area contributed by atoms with Crippen molar-refractivity contribution >= 4 is 16.7 Å². The fraction of sp³-hybridized carbons (Fsp3) is 0.455. The van der Waals surface area contributed by atoms with Crippen molar-refractivity contribution in [2.75, 3.05) is 0 Å². The number of aryl methyl sites for hydroxylation is 3. The SMILES string of the molecule is CC(C)C(=O)/C=C(\O)C(C)(C)C.CCc1cc(-c2[c-]c(C)cc(C)c2)nc2cccc(C(C)CC)c12.[Ir]. The summed E-state index contributed by atoms with van der Waals surface area (Å²) in [5.74, 6) is 0.637. The Kier molecular flexibility index (Phi) is 12.4. The molecule has 0 aliphatic rings. The third kappa shape index (κ3) is 8.90. The van der Waals surface area contributed by atoms with Gasteiger partial charge in [-0.05, 0) is 41.6 Å². The minimum Gasteiger partial charge on any atom is -0.512 e. The van der Waals surface area contributed by atoms with Gasteiger partial charge in [0, 0.05) is 42.9 Å². The van der Waals surface area contributed by atoms with E-state index in [1.807, 2.05) is 34.6 Å². The van der Waals surface area contributed by atoms with E-state index in [9.17, 15) is 9.90 Å². The summed E-state index contributed by atoms with van der Waals surface area (Å²) in [7, 11) is 0. The van der Waals surface area contributed by atoms with Crippen molar-refractivity contribution in [1.29, 1.82) is 0 Å². The molecule has 2 aromatic carbocycles. The Balaban J connectivity index is 0.000000451. The summed E-state index contributed by atoms with van der Waals surface area (Å²) in [4.78, 5) is 16.1. The number of carbonyl (C=O) groups is 1. The number of pyridine rings is 1. The van der Waals surface area contributed by atoms with Crippen LogP contribution in [0.25, 0.3) is 22.2 Å². The first-order chi connectivity index (χ1) is 16.8. The number of carbonyl (C=O) groups excluding carboxylic acids is 1. The largest absolute Gasteiger partial charge is 0.512 e. The van der Waals surface area contributed by atoms with Gasteiger partial charge in [-0.25, -0.2) is 0 Å². The standard InChI is InChI=1S/C23H26N.C10H18O2.Ir/c1-6-17(5)20-9-8-10-21-23(20)18(7-2)14-22(24-21)19-12-15(3)11-16(4)13-19;1-7(2)8(11)6-9(12)10(3,4)5;/h8-12,14,17H,6-7H2,1-5H3;6-7,12H,1-5H3;/q-1;;/b;9-6-;. The van der Waals surface area contributed by atoms with Gasteiger partial charge in [0.05, 0.1) is 5.52 Å². The van der Waals surface area contributed by atoms with Gasteiger partial charge < -0.3 is 5.11 Å². The Morgan fingerprint density at radius 3 is 2.24 bits per heavy atom. The molecule has 0 saturated carbocycles. The van der Waals surface area contributed by atoms with Crippen LogP contribution in [-0.2, 0) is 31.3 Å². The van der Waals surface area contributed by atoms with Crippen molar-refractivity contribution in [2.45, 2.75) is 88.0 Å². The maximum absolute atomic E-state index is 11.2. The molecule has 1 aromatic heterocycles. The molecular weight excluding hydrogens is 635 g/mol. The normalized spacial score (nSPS) is 12.6. The molecule has 0 amide bonds. The first kappa shape index (κ1) is 32.7. The van der Waals surface area contributed by atoms with E-state index >= 15 is 0 Å². The molecule has 0 aliphatic heterocycles. The van der Waals surface area contributed by atoms with Crippen LogP contribution in [0.3, 0.4) is 0 Å². The van der Waals surface area contributed by atoms with Gasteiger partial charge in [0.2, 0.25) is 0 Å². The summed E-state index contributed by atoms with van der Waals surface area (Å²) in [6.45, 7) is 20.2. The summed E-state index contributed by atoms with van der Waals surface area (Å²) >= 11 is 0. The number of aromatic nitrogens is 1. The van der Waals surface area contributed by atoms with Crippen molar-refractivity contribution < 1.29 is 30.0 Å². The second kappa shape index (κ2) is 14.0. The van der Waals surface area contributed by atoms with E-state index in [-0.39, 0.29) is 43.0 Å². The second-order valence-electron chi connectivity index (χ2n) is 11.2. The van der Waals surface area contributed by atoms with Crippen LogP contribution in [0.15, 0.2) is 48.2 Å². The number of hydrogen-bond acceptors (Lipinski definition) is 3. The predicted molar refractivity (Wildman–Crippen MR) is 154 cm³/mol. The number of rotatable bonds is 6. The zero-order valence-corrected chi connectivity index (χ0v) is 26.6. The molecule has 0 fully saturated rings. The van der Waals surface area contributed by atoms with Gasteiger partial charge in [-0.1, -0.05) is 87.4 Å². The van der Waals surface area contributed by atoms with Crippen LogP contribution >= 0.6 is 0 Å². The van der Waals surface area contributed by atoms with Gasteiger partial charge in [0.1, 0.15) is 5.76 Å². The number of nitrogens with zero attached hydrogens (tertiary/aromatic N) is 1. The van der Waals surface area contributed by atoms with Gasteiger partial charge in [-0.15, -0.1) is 34.9 Å². The Morgan fingerprint density at radius 1 is 1.08 bits per heavy atom. The van der Waals surface area contributed by atoms with E-state index in [0.717, 1.165) is 29.6 Å². The van der Waals surface area contributed by atoms with Crippen molar-refractivity contribution in [1.82, 2.24) is 4.98 Å². The predicted octanol–water partition coefficient (Wildman–Crippen LogP) is 9.09. The summed E-state index contributed by atoms with van der Waals surface area (Å²) < 4.78 is 0. The molecule has 3 rings (SSSR count). The van der Waals surface area contributed by atoms with Crippen LogP contribution in [0.2, 0.25) is 0 Å². The van der Waals surface area contributed by atoms with Gasteiger partial charge in [0.25, 0.3) is 0 Å². The number of aliphatic hydroxyl groups excluding tert-OH is 1. The molecule has 1 N–H and O–H groups in total. The van der Waals surface area contributed by atoms with E-state index in [1.54, 1.807) is 0 Å². The number of aliphatic hydroxyl groups is 1. The Labute approximate surface area is 238 Å². The van der Waals surface area contributed by atoms with Gasteiger partial charge >= 0.3 is 0 Å². The molecule has 203 valence electrons. The van der Waals surface area contributed by atoms with Crippen LogP contribution in [-0.4, -0.2) is 15.9 Å². The van der Waals surface area contributed by atoms with Crippen LogP contribution in [0.4, 0.5) is 0 Å². The van der Waals surface area contributed by atoms with Gasteiger partial charge in [0.15, 0.2) is 5.78 Å². The molecule has 1 heterocycles. The van der Waals surface area contributed by atoms with Crippen LogP contribution in [0, 0.1) is 31.2 Å². The van der Waals surface area contributed by atoms with Crippen molar-refractivity contribution in [3.05, 3.63) is 76.6 Å². The first-order valence-corrected chi connectivity index (χ1v) is 13.2. The molecular formula is C33H44IrNO2-. The van der Waals surface area contributed by atoms with E-state index in [1.165, 1.54) is 33.7 Å². The minimum absolute atomic E-state index is 0. The molecule has 0 bridgehead atoms. The second-order valence-corrected chi connectivity index (χ2v) is 11.2. The molecule has 37 heavy (non-hydrogen) atoms. The van der Waals surface area contributed by atoms with Gasteiger partial charge in [-0.2, -0.15) is 0 Å². The van der Waals surface area contributed by atoms with E-state index < -0.39 is 0 Å². The molecule has 4 heteroatoms. The van der Waals surface area contributed by atoms with Crippen molar-refractivity contribution in [3.8, 4) is 11.3 Å². The number of allylic oxidation sites excluding steroid dienone is 2. The Bertz CT molecular complexity index is 1210. The first-order valence-electron chi connectivity index (χ1n) is 13.2. The molecule has 1 unspecified atom stereocenters. The molecule has 0 spiro atoms. The zero-order valence-electron chi connectivity index (χ0n) is 24.2. The summed E-state index contributed by atoms with van der Waals surface area (Å²) in [6.07, 6.45) is 3.49. The molecule has 0 saturated heterocycles. The quantitative estimate of drug-likeness (QED) is 0.161. The van der Waals surface area contributed by atoms with E-state index in [0.29, 0.717) is 5.92 Å². The topological polar surface area (TPSA) is 50.2 Å². The third-order valence-electron chi connectivity index (χ3n) is 6.51. The smallest absolute Gasteiger partial charge is 0.161 e. The number of ketones is 1.